The smallest absolute Gasteiger partial charge is 0.312 e. The summed E-state index contributed by atoms with van der Waals surface area (Å²) in [4.78, 5) is 29.0. The lowest BCUT2D eigenvalue weighted by Gasteiger charge is -2.36. The highest BCUT2D eigenvalue weighted by atomic mass is 16.2. The van der Waals surface area contributed by atoms with Crippen LogP contribution in [0, 0.1) is 0 Å². The minimum atomic E-state index is -0.371. The Morgan fingerprint density at radius 3 is 2.52 bits per heavy atom. The van der Waals surface area contributed by atoms with Gasteiger partial charge in [0.05, 0.1) is 0 Å². The molecule has 126 valence electrons. The number of carbonyl (C=O) groups excluding carboxylic acids is 2. The van der Waals surface area contributed by atoms with Crippen LogP contribution in [0.15, 0.2) is 30.3 Å². The molecule has 23 heavy (non-hydrogen) atoms. The molecule has 2 rings (SSSR count). The molecule has 2 amide bonds. The van der Waals surface area contributed by atoms with Crippen molar-refractivity contribution in [1.29, 1.82) is 0 Å². The monoisotopic (exact) mass is 316 g/mol. The van der Waals surface area contributed by atoms with E-state index < -0.39 is 0 Å². The summed E-state index contributed by atoms with van der Waals surface area (Å²) in [5.41, 5.74) is 1.05. The van der Waals surface area contributed by atoms with Crippen LogP contribution in [-0.2, 0) is 16.1 Å². The molecule has 0 N–H and O–H groups in total. The van der Waals surface area contributed by atoms with Crippen molar-refractivity contribution in [3.8, 4) is 0 Å². The van der Waals surface area contributed by atoms with Gasteiger partial charge in [0.1, 0.15) is 0 Å². The molecule has 0 aromatic heterocycles. The van der Waals surface area contributed by atoms with Crippen molar-refractivity contribution in [2.24, 2.45) is 0 Å². The van der Waals surface area contributed by atoms with E-state index in [1.54, 1.807) is 9.80 Å². The molecule has 0 saturated carbocycles. The first-order chi connectivity index (χ1) is 11.0. The minimum Gasteiger partial charge on any atom is -0.331 e. The maximum Gasteiger partial charge on any atom is 0.312 e. The molecule has 1 saturated heterocycles. The van der Waals surface area contributed by atoms with E-state index in [9.17, 15) is 9.59 Å². The Balaban J connectivity index is 2.12. The third-order valence-corrected chi connectivity index (χ3v) is 4.62. The highest BCUT2D eigenvalue weighted by Gasteiger charge is 2.33. The van der Waals surface area contributed by atoms with Crippen molar-refractivity contribution in [2.75, 3.05) is 6.54 Å². The Morgan fingerprint density at radius 2 is 1.91 bits per heavy atom. The van der Waals surface area contributed by atoms with E-state index in [2.05, 4.69) is 6.92 Å². The van der Waals surface area contributed by atoms with Crippen LogP contribution in [0.25, 0.3) is 0 Å². The van der Waals surface area contributed by atoms with Crippen molar-refractivity contribution in [3.05, 3.63) is 35.9 Å². The van der Waals surface area contributed by atoms with Crippen molar-refractivity contribution < 1.29 is 9.59 Å². The van der Waals surface area contributed by atoms with Crippen molar-refractivity contribution in [3.63, 3.8) is 0 Å². The molecule has 4 heteroatoms. The summed E-state index contributed by atoms with van der Waals surface area (Å²) in [5, 5.41) is 0. The number of piperidine rings is 1. The topological polar surface area (TPSA) is 40.6 Å². The molecule has 1 heterocycles. The Hall–Kier alpha value is -1.84. The first-order valence-electron chi connectivity index (χ1n) is 8.70. The van der Waals surface area contributed by atoms with Crippen LogP contribution < -0.4 is 0 Å². The van der Waals surface area contributed by atoms with E-state index in [4.69, 9.17) is 0 Å². The number of amides is 2. The van der Waals surface area contributed by atoms with E-state index >= 15 is 0 Å². The zero-order chi connectivity index (χ0) is 16.8. The average molecular weight is 316 g/mol. The molecule has 1 aliphatic heterocycles. The Morgan fingerprint density at radius 1 is 1.22 bits per heavy atom. The number of hydrogen-bond acceptors (Lipinski definition) is 2. The predicted molar refractivity (Wildman–Crippen MR) is 91.8 cm³/mol. The number of hydrogen-bond donors (Lipinski definition) is 0. The number of carbonyl (C=O) groups is 2. The summed E-state index contributed by atoms with van der Waals surface area (Å²) in [6, 6.07) is 10.1. The SMILES string of the molecule is CCC1CCCCN1C(=O)C(=O)N(Cc1ccccc1)C(C)C. The molecule has 0 spiro atoms. The average Bonchev–Trinajstić information content (AvgIpc) is 2.59. The van der Waals surface area contributed by atoms with E-state index in [-0.39, 0.29) is 23.9 Å². The first kappa shape index (κ1) is 17.5. The second kappa shape index (κ2) is 8.14. The van der Waals surface area contributed by atoms with Gasteiger partial charge in [0.25, 0.3) is 0 Å². The fraction of sp³-hybridized carbons (Fsp3) is 0.579. The Kier molecular flexibility index (Phi) is 6.20. The van der Waals surface area contributed by atoms with Crippen molar-refractivity contribution >= 4 is 11.8 Å². The summed E-state index contributed by atoms with van der Waals surface area (Å²) < 4.78 is 0. The van der Waals surface area contributed by atoms with Crippen molar-refractivity contribution in [1.82, 2.24) is 9.80 Å². The maximum absolute atomic E-state index is 12.8. The molecule has 0 bridgehead atoms. The second-order valence-electron chi connectivity index (χ2n) is 6.57. The van der Waals surface area contributed by atoms with Gasteiger partial charge in [-0.1, -0.05) is 37.3 Å². The number of likely N-dealkylation sites (tertiary alicyclic amines) is 1. The summed E-state index contributed by atoms with van der Waals surface area (Å²) in [5.74, 6) is -0.703. The van der Waals surface area contributed by atoms with E-state index in [0.29, 0.717) is 13.1 Å². The van der Waals surface area contributed by atoms with E-state index in [0.717, 1.165) is 31.2 Å². The molecule has 0 radical (unpaired) electrons. The standard InChI is InChI=1S/C19H28N2O2/c1-4-17-12-8-9-13-20(17)18(22)19(23)21(15(2)3)14-16-10-6-5-7-11-16/h5-7,10-11,15,17H,4,8-9,12-14H2,1-3H3. The largest absolute Gasteiger partial charge is 0.331 e. The van der Waals surface area contributed by atoms with E-state index in [1.165, 1.54) is 0 Å². The van der Waals surface area contributed by atoms with Crippen LogP contribution in [0.4, 0.5) is 0 Å². The highest BCUT2D eigenvalue weighted by Crippen LogP contribution is 2.20. The Labute approximate surface area is 139 Å². The lowest BCUT2D eigenvalue weighted by Crippen LogP contribution is -2.52. The summed E-state index contributed by atoms with van der Waals surface area (Å²) in [6.45, 7) is 7.20. The van der Waals surface area contributed by atoms with Crippen molar-refractivity contribution in [2.45, 2.75) is 65.1 Å². The second-order valence-corrected chi connectivity index (χ2v) is 6.57. The quantitative estimate of drug-likeness (QED) is 0.800. The van der Waals surface area contributed by atoms with Crippen LogP contribution >= 0.6 is 0 Å². The van der Waals surface area contributed by atoms with Crippen LogP contribution in [0.2, 0.25) is 0 Å². The zero-order valence-electron chi connectivity index (χ0n) is 14.5. The van der Waals surface area contributed by atoms with Gasteiger partial charge in [-0.25, -0.2) is 0 Å². The lowest BCUT2D eigenvalue weighted by atomic mass is 10.00. The Bertz CT molecular complexity index is 527. The van der Waals surface area contributed by atoms with Crippen LogP contribution in [-0.4, -0.2) is 40.2 Å². The minimum absolute atomic E-state index is 0.00322. The number of benzene rings is 1. The number of rotatable bonds is 4. The molecular formula is C19H28N2O2. The fourth-order valence-corrected chi connectivity index (χ4v) is 3.21. The predicted octanol–water partition coefficient (Wildman–Crippen LogP) is 3.21. The lowest BCUT2D eigenvalue weighted by molar-refractivity contribution is -0.155. The highest BCUT2D eigenvalue weighted by molar-refractivity contribution is 6.35. The molecular weight excluding hydrogens is 288 g/mol. The van der Waals surface area contributed by atoms with Gasteiger partial charge in [-0.05, 0) is 45.1 Å². The van der Waals surface area contributed by atoms with Gasteiger partial charge in [-0.2, -0.15) is 0 Å². The normalized spacial score (nSPS) is 18.1. The number of nitrogens with zero attached hydrogens (tertiary/aromatic N) is 2. The maximum atomic E-state index is 12.8. The van der Waals surface area contributed by atoms with Gasteiger partial charge >= 0.3 is 11.8 Å². The zero-order valence-corrected chi connectivity index (χ0v) is 14.5. The van der Waals surface area contributed by atoms with Gasteiger partial charge < -0.3 is 9.80 Å². The molecule has 1 aliphatic rings. The van der Waals surface area contributed by atoms with Gasteiger partial charge in [0.2, 0.25) is 0 Å². The molecule has 4 nitrogen and oxygen atoms in total. The summed E-state index contributed by atoms with van der Waals surface area (Å²) in [7, 11) is 0. The molecule has 1 aromatic rings. The van der Waals surface area contributed by atoms with E-state index in [1.807, 2.05) is 44.2 Å². The van der Waals surface area contributed by atoms with Crippen LogP contribution in [0.3, 0.4) is 0 Å². The van der Waals surface area contributed by atoms with Gasteiger partial charge in [0.15, 0.2) is 0 Å². The molecule has 1 unspecified atom stereocenters. The molecule has 1 atom stereocenters. The fourth-order valence-electron chi connectivity index (χ4n) is 3.21. The molecule has 1 fully saturated rings. The molecule has 1 aromatic carbocycles. The third-order valence-electron chi connectivity index (χ3n) is 4.62. The van der Waals surface area contributed by atoms with Gasteiger partial charge in [-0.3, -0.25) is 9.59 Å². The summed E-state index contributed by atoms with van der Waals surface area (Å²) in [6.07, 6.45) is 4.07. The summed E-state index contributed by atoms with van der Waals surface area (Å²) >= 11 is 0. The van der Waals surface area contributed by atoms with Gasteiger partial charge in [-0.15, -0.1) is 0 Å². The van der Waals surface area contributed by atoms with Crippen LogP contribution in [0.5, 0.6) is 0 Å². The first-order valence-corrected chi connectivity index (χ1v) is 8.70. The molecule has 0 aliphatic carbocycles. The third kappa shape index (κ3) is 4.34. The van der Waals surface area contributed by atoms with Crippen LogP contribution in [0.1, 0.15) is 52.0 Å². The van der Waals surface area contributed by atoms with Gasteiger partial charge in [0, 0.05) is 25.2 Å².